The van der Waals surface area contributed by atoms with Crippen molar-refractivity contribution in [2.75, 3.05) is 6.61 Å². The molecule has 0 saturated heterocycles. The van der Waals surface area contributed by atoms with Crippen molar-refractivity contribution in [1.29, 1.82) is 0 Å². The third kappa shape index (κ3) is 1.23. The molecule has 0 unspecified atom stereocenters. The minimum Gasteiger partial charge on any atom is -0.430 e. The summed E-state index contributed by atoms with van der Waals surface area (Å²) in [5, 5.41) is 0. The SMILES string of the molecule is C#CC1=CCOC(=O)O1. The van der Waals surface area contributed by atoms with Gasteiger partial charge in [-0.1, -0.05) is 0 Å². The van der Waals surface area contributed by atoms with Gasteiger partial charge in [0.2, 0.25) is 0 Å². The Balaban J connectivity index is 2.67. The summed E-state index contributed by atoms with van der Waals surface area (Å²) in [5.74, 6) is 2.40. The fourth-order valence-corrected chi connectivity index (χ4v) is 0.435. The van der Waals surface area contributed by atoms with E-state index in [9.17, 15) is 4.79 Å². The molecule has 0 aromatic rings. The smallest absolute Gasteiger partial charge is 0.430 e. The van der Waals surface area contributed by atoms with Crippen molar-refractivity contribution in [3.05, 3.63) is 11.8 Å². The van der Waals surface area contributed by atoms with Gasteiger partial charge in [0.05, 0.1) is 0 Å². The second-order valence-electron chi connectivity index (χ2n) is 1.38. The first kappa shape index (κ1) is 5.70. The topological polar surface area (TPSA) is 35.5 Å². The Bertz CT molecular complexity index is 197. The molecule has 0 fully saturated rings. The largest absolute Gasteiger partial charge is 0.514 e. The van der Waals surface area contributed by atoms with Gasteiger partial charge >= 0.3 is 6.16 Å². The van der Waals surface area contributed by atoms with Crippen LogP contribution in [0.2, 0.25) is 0 Å². The van der Waals surface area contributed by atoms with Crippen LogP contribution in [0.5, 0.6) is 0 Å². The van der Waals surface area contributed by atoms with Gasteiger partial charge in [-0.2, -0.15) is 0 Å². The summed E-state index contributed by atoms with van der Waals surface area (Å²) < 4.78 is 8.78. The molecule has 0 spiro atoms. The fraction of sp³-hybridized carbons (Fsp3) is 0.167. The molecule has 1 heterocycles. The molecule has 3 heteroatoms. The fourth-order valence-electron chi connectivity index (χ4n) is 0.435. The Kier molecular flexibility index (Phi) is 1.41. The molecule has 0 aromatic carbocycles. The minimum absolute atomic E-state index is 0.207. The van der Waals surface area contributed by atoms with Crippen LogP contribution in [-0.2, 0) is 9.47 Å². The highest BCUT2D eigenvalue weighted by Gasteiger charge is 2.10. The predicted octanol–water partition coefficient (Wildman–Crippen LogP) is 0.670. The first-order valence-electron chi connectivity index (χ1n) is 2.34. The monoisotopic (exact) mass is 124 g/mol. The minimum atomic E-state index is -0.731. The summed E-state index contributed by atoms with van der Waals surface area (Å²) >= 11 is 0. The molecule has 0 amide bonds. The summed E-state index contributed by atoms with van der Waals surface area (Å²) in [6.07, 6.45) is 5.70. The lowest BCUT2D eigenvalue weighted by molar-refractivity contribution is 0.0775. The molecule has 0 radical (unpaired) electrons. The van der Waals surface area contributed by atoms with E-state index in [1.165, 1.54) is 6.08 Å². The van der Waals surface area contributed by atoms with Gasteiger partial charge in [0, 0.05) is 6.08 Å². The number of rotatable bonds is 0. The van der Waals surface area contributed by atoms with Crippen molar-refractivity contribution in [1.82, 2.24) is 0 Å². The van der Waals surface area contributed by atoms with E-state index in [0.29, 0.717) is 0 Å². The van der Waals surface area contributed by atoms with Crippen LogP contribution in [0.4, 0.5) is 4.79 Å². The van der Waals surface area contributed by atoms with Crippen LogP contribution in [0, 0.1) is 12.3 Å². The molecule has 1 rings (SSSR count). The van der Waals surface area contributed by atoms with Gasteiger partial charge < -0.3 is 9.47 Å². The maximum absolute atomic E-state index is 10.3. The van der Waals surface area contributed by atoms with Crippen LogP contribution in [0.3, 0.4) is 0 Å². The van der Waals surface area contributed by atoms with Crippen LogP contribution >= 0.6 is 0 Å². The van der Waals surface area contributed by atoms with E-state index in [2.05, 4.69) is 15.4 Å². The highest BCUT2D eigenvalue weighted by atomic mass is 16.7. The van der Waals surface area contributed by atoms with E-state index in [0.717, 1.165) is 0 Å². The maximum atomic E-state index is 10.3. The van der Waals surface area contributed by atoms with Crippen LogP contribution < -0.4 is 0 Å². The van der Waals surface area contributed by atoms with Gasteiger partial charge in [-0.3, -0.25) is 0 Å². The van der Waals surface area contributed by atoms with Crippen molar-refractivity contribution in [2.45, 2.75) is 0 Å². The summed E-state index contributed by atoms with van der Waals surface area (Å²) in [5.41, 5.74) is 0. The zero-order valence-corrected chi connectivity index (χ0v) is 4.59. The molecule has 0 aromatic heterocycles. The predicted molar refractivity (Wildman–Crippen MR) is 29.3 cm³/mol. The van der Waals surface area contributed by atoms with Gasteiger partial charge in [-0.05, 0) is 5.92 Å². The first-order chi connectivity index (χ1) is 4.33. The van der Waals surface area contributed by atoms with Gasteiger partial charge in [0.15, 0.2) is 5.76 Å². The van der Waals surface area contributed by atoms with Gasteiger partial charge in [-0.15, -0.1) is 6.42 Å². The molecule has 9 heavy (non-hydrogen) atoms. The van der Waals surface area contributed by atoms with Crippen molar-refractivity contribution in [3.8, 4) is 12.3 Å². The molecular weight excluding hydrogens is 120 g/mol. The Labute approximate surface area is 52.3 Å². The number of allylic oxidation sites excluding steroid dienone is 1. The van der Waals surface area contributed by atoms with Crippen LogP contribution in [-0.4, -0.2) is 12.8 Å². The lowest BCUT2D eigenvalue weighted by Crippen LogP contribution is -2.12. The van der Waals surface area contributed by atoms with Gasteiger partial charge in [-0.25, -0.2) is 4.79 Å². The molecule has 0 N–H and O–H groups in total. The third-order valence-electron chi connectivity index (χ3n) is 0.805. The van der Waals surface area contributed by atoms with E-state index in [4.69, 9.17) is 6.42 Å². The Morgan fingerprint density at radius 2 is 2.56 bits per heavy atom. The van der Waals surface area contributed by atoms with Crippen molar-refractivity contribution in [3.63, 3.8) is 0 Å². The number of hydrogen-bond acceptors (Lipinski definition) is 3. The average Bonchev–Trinajstić information content (AvgIpc) is 1.88. The number of ether oxygens (including phenoxy) is 2. The van der Waals surface area contributed by atoms with Crippen molar-refractivity contribution in [2.24, 2.45) is 0 Å². The second kappa shape index (κ2) is 2.23. The average molecular weight is 124 g/mol. The number of carbonyl (C=O) groups excluding carboxylic acids is 1. The Morgan fingerprint density at radius 3 is 3.00 bits per heavy atom. The Morgan fingerprint density at radius 1 is 1.78 bits per heavy atom. The summed E-state index contributed by atoms with van der Waals surface area (Å²) in [4.78, 5) is 10.3. The van der Waals surface area contributed by atoms with E-state index in [1.807, 2.05) is 0 Å². The van der Waals surface area contributed by atoms with E-state index < -0.39 is 6.16 Å². The number of hydrogen-bond donors (Lipinski definition) is 0. The van der Waals surface area contributed by atoms with Crippen LogP contribution in [0.25, 0.3) is 0 Å². The third-order valence-corrected chi connectivity index (χ3v) is 0.805. The van der Waals surface area contributed by atoms with Gasteiger partial charge in [0.25, 0.3) is 0 Å². The maximum Gasteiger partial charge on any atom is 0.514 e. The molecule has 3 nitrogen and oxygen atoms in total. The molecule has 0 atom stereocenters. The highest BCUT2D eigenvalue weighted by Crippen LogP contribution is 2.03. The summed E-state index contributed by atoms with van der Waals surface area (Å²) in [7, 11) is 0. The summed E-state index contributed by atoms with van der Waals surface area (Å²) in [6, 6.07) is 0. The number of cyclic esters (lactones) is 2. The standard InChI is InChI=1S/C6H4O3/c1-2-5-3-4-8-6(7)9-5/h1,3H,4H2. The molecule has 0 saturated carbocycles. The zero-order valence-electron chi connectivity index (χ0n) is 4.59. The van der Waals surface area contributed by atoms with Crippen molar-refractivity contribution >= 4 is 6.16 Å². The number of terminal acetylenes is 1. The molecule has 1 aliphatic rings. The second-order valence-corrected chi connectivity index (χ2v) is 1.38. The lowest BCUT2D eigenvalue weighted by atomic mass is 10.4. The zero-order chi connectivity index (χ0) is 6.69. The van der Waals surface area contributed by atoms with Crippen LogP contribution in [0.1, 0.15) is 0 Å². The van der Waals surface area contributed by atoms with Crippen LogP contribution in [0.15, 0.2) is 11.8 Å². The summed E-state index contributed by atoms with van der Waals surface area (Å²) in [6.45, 7) is 0.207. The Hall–Kier alpha value is -1.43. The molecule has 1 aliphatic heterocycles. The van der Waals surface area contributed by atoms with Crippen molar-refractivity contribution < 1.29 is 14.3 Å². The highest BCUT2D eigenvalue weighted by molar-refractivity contribution is 5.63. The normalized spacial score (nSPS) is 16.8. The molecular formula is C6H4O3. The first-order valence-corrected chi connectivity index (χ1v) is 2.34. The molecule has 0 bridgehead atoms. The van der Waals surface area contributed by atoms with E-state index >= 15 is 0 Å². The lowest BCUT2D eigenvalue weighted by Gasteiger charge is -2.07. The van der Waals surface area contributed by atoms with E-state index in [-0.39, 0.29) is 12.4 Å². The quantitative estimate of drug-likeness (QED) is 0.351. The number of carbonyl (C=O) groups is 1. The van der Waals surface area contributed by atoms with Gasteiger partial charge in [0.1, 0.15) is 6.61 Å². The molecule has 0 aliphatic carbocycles. The van der Waals surface area contributed by atoms with E-state index in [1.54, 1.807) is 0 Å². The molecule has 46 valence electrons.